The van der Waals surface area contributed by atoms with Gasteiger partial charge < -0.3 is 4.90 Å². The minimum absolute atomic E-state index is 0.162. The van der Waals surface area contributed by atoms with Crippen LogP contribution in [0.4, 0.5) is 0 Å². The molecule has 0 aliphatic heterocycles. The zero-order chi connectivity index (χ0) is 13.7. The highest BCUT2D eigenvalue weighted by Gasteiger charge is 2.10. The SMILES string of the molecule is CC(C)CCC(=O)N(C)Cc1ccc(Cl)c(Cl)c1. The van der Waals surface area contributed by atoms with Crippen molar-refractivity contribution in [1.82, 2.24) is 4.90 Å². The lowest BCUT2D eigenvalue weighted by Gasteiger charge is -2.18. The van der Waals surface area contributed by atoms with Crippen LogP contribution >= 0.6 is 23.2 Å². The molecule has 0 unspecified atom stereocenters. The molecule has 0 aliphatic rings. The number of halogens is 2. The van der Waals surface area contributed by atoms with Gasteiger partial charge in [-0.1, -0.05) is 43.1 Å². The van der Waals surface area contributed by atoms with Gasteiger partial charge >= 0.3 is 0 Å². The Balaban J connectivity index is 2.55. The molecule has 0 fully saturated rings. The van der Waals surface area contributed by atoms with E-state index < -0.39 is 0 Å². The Hall–Kier alpha value is -0.730. The number of hydrogen-bond donors (Lipinski definition) is 0. The van der Waals surface area contributed by atoms with E-state index in [0.29, 0.717) is 28.9 Å². The van der Waals surface area contributed by atoms with Gasteiger partial charge in [0.25, 0.3) is 0 Å². The molecule has 0 heterocycles. The van der Waals surface area contributed by atoms with Crippen LogP contribution in [0, 0.1) is 5.92 Å². The molecular formula is C14H19Cl2NO. The fourth-order valence-corrected chi connectivity index (χ4v) is 1.92. The standard InChI is InChI=1S/C14H19Cl2NO/c1-10(2)4-7-14(18)17(3)9-11-5-6-12(15)13(16)8-11/h5-6,8,10H,4,7,9H2,1-3H3. The van der Waals surface area contributed by atoms with Crippen molar-refractivity contribution in [3.05, 3.63) is 33.8 Å². The minimum Gasteiger partial charge on any atom is -0.341 e. The first-order valence-electron chi connectivity index (χ1n) is 6.08. The van der Waals surface area contributed by atoms with E-state index in [1.165, 1.54) is 0 Å². The first kappa shape index (κ1) is 15.3. The summed E-state index contributed by atoms with van der Waals surface area (Å²) in [6, 6.07) is 5.45. The molecule has 1 aromatic carbocycles. The molecule has 0 aliphatic carbocycles. The average Bonchev–Trinajstić information content (AvgIpc) is 2.30. The molecule has 0 spiro atoms. The Morgan fingerprint density at radius 2 is 1.94 bits per heavy atom. The first-order chi connectivity index (χ1) is 8.40. The van der Waals surface area contributed by atoms with E-state index in [1.54, 1.807) is 17.0 Å². The summed E-state index contributed by atoms with van der Waals surface area (Å²) in [6.45, 7) is 4.80. The molecule has 1 aromatic rings. The molecular weight excluding hydrogens is 269 g/mol. The average molecular weight is 288 g/mol. The second kappa shape index (κ2) is 7.01. The Labute approximate surface area is 119 Å². The highest BCUT2D eigenvalue weighted by atomic mass is 35.5. The largest absolute Gasteiger partial charge is 0.341 e. The van der Waals surface area contributed by atoms with Crippen LogP contribution in [0.2, 0.25) is 10.0 Å². The lowest BCUT2D eigenvalue weighted by molar-refractivity contribution is -0.130. The van der Waals surface area contributed by atoms with Crippen molar-refractivity contribution >= 4 is 29.1 Å². The van der Waals surface area contributed by atoms with Crippen molar-refractivity contribution in [2.45, 2.75) is 33.2 Å². The Kier molecular flexibility index (Phi) is 5.97. The van der Waals surface area contributed by atoms with E-state index in [-0.39, 0.29) is 5.91 Å². The molecule has 2 nitrogen and oxygen atoms in total. The number of rotatable bonds is 5. The lowest BCUT2D eigenvalue weighted by Crippen LogP contribution is -2.26. The number of nitrogens with zero attached hydrogens (tertiary/aromatic N) is 1. The third-order valence-corrected chi connectivity index (χ3v) is 3.50. The number of hydrogen-bond acceptors (Lipinski definition) is 1. The van der Waals surface area contributed by atoms with Gasteiger partial charge in [0.05, 0.1) is 10.0 Å². The molecule has 0 aromatic heterocycles. The molecule has 0 N–H and O–H groups in total. The summed E-state index contributed by atoms with van der Waals surface area (Å²) in [5, 5.41) is 1.06. The number of carbonyl (C=O) groups is 1. The van der Waals surface area contributed by atoms with Crippen molar-refractivity contribution in [2.24, 2.45) is 5.92 Å². The maximum Gasteiger partial charge on any atom is 0.222 e. The fourth-order valence-electron chi connectivity index (χ4n) is 1.60. The van der Waals surface area contributed by atoms with Gasteiger partial charge in [-0.05, 0) is 30.0 Å². The maximum absolute atomic E-state index is 11.9. The van der Waals surface area contributed by atoms with Crippen molar-refractivity contribution in [3.8, 4) is 0 Å². The van der Waals surface area contributed by atoms with Gasteiger partial charge in [0.15, 0.2) is 0 Å². The van der Waals surface area contributed by atoms with Gasteiger partial charge in [0.2, 0.25) is 5.91 Å². The second-order valence-corrected chi connectivity index (χ2v) is 5.75. The quantitative estimate of drug-likeness (QED) is 0.787. The van der Waals surface area contributed by atoms with Crippen LogP contribution in [-0.2, 0) is 11.3 Å². The highest BCUT2D eigenvalue weighted by molar-refractivity contribution is 6.42. The second-order valence-electron chi connectivity index (χ2n) is 4.93. The summed E-state index contributed by atoms with van der Waals surface area (Å²) in [5.41, 5.74) is 0.991. The van der Waals surface area contributed by atoms with Crippen molar-refractivity contribution < 1.29 is 4.79 Å². The molecule has 0 saturated heterocycles. The van der Waals surface area contributed by atoms with Gasteiger partial charge in [-0.3, -0.25) is 4.79 Å². The van der Waals surface area contributed by atoms with Gasteiger partial charge in [0.1, 0.15) is 0 Å². The fraction of sp³-hybridized carbons (Fsp3) is 0.500. The predicted molar refractivity (Wildman–Crippen MR) is 77.0 cm³/mol. The zero-order valence-electron chi connectivity index (χ0n) is 11.0. The van der Waals surface area contributed by atoms with Crippen LogP contribution in [0.1, 0.15) is 32.3 Å². The van der Waals surface area contributed by atoms with E-state index in [4.69, 9.17) is 23.2 Å². The molecule has 1 amide bonds. The molecule has 0 atom stereocenters. The van der Waals surface area contributed by atoms with Crippen molar-refractivity contribution in [2.75, 3.05) is 7.05 Å². The summed E-state index contributed by atoms with van der Waals surface area (Å²) in [7, 11) is 1.81. The normalized spacial score (nSPS) is 10.8. The summed E-state index contributed by atoms with van der Waals surface area (Å²) in [5.74, 6) is 0.710. The highest BCUT2D eigenvalue weighted by Crippen LogP contribution is 2.23. The Morgan fingerprint density at radius 3 is 2.50 bits per heavy atom. The topological polar surface area (TPSA) is 20.3 Å². The smallest absolute Gasteiger partial charge is 0.222 e. The van der Waals surface area contributed by atoms with E-state index in [2.05, 4.69) is 13.8 Å². The van der Waals surface area contributed by atoms with Crippen LogP contribution in [0.5, 0.6) is 0 Å². The van der Waals surface area contributed by atoms with Gasteiger partial charge in [0, 0.05) is 20.0 Å². The van der Waals surface area contributed by atoms with E-state index in [0.717, 1.165) is 12.0 Å². The van der Waals surface area contributed by atoms with Gasteiger partial charge in [-0.2, -0.15) is 0 Å². The summed E-state index contributed by atoms with van der Waals surface area (Å²) in [6.07, 6.45) is 1.51. The van der Waals surface area contributed by atoms with E-state index in [9.17, 15) is 4.79 Å². The maximum atomic E-state index is 11.9. The number of carbonyl (C=O) groups excluding carboxylic acids is 1. The summed E-state index contributed by atoms with van der Waals surface area (Å²) < 4.78 is 0. The van der Waals surface area contributed by atoms with Crippen LogP contribution in [0.15, 0.2) is 18.2 Å². The molecule has 0 bridgehead atoms. The molecule has 100 valence electrons. The Bertz CT molecular complexity index is 418. The monoisotopic (exact) mass is 287 g/mol. The van der Waals surface area contributed by atoms with E-state index >= 15 is 0 Å². The van der Waals surface area contributed by atoms with Crippen molar-refractivity contribution in [1.29, 1.82) is 0 Å². The van der Waals surface area contributed by atoms with E-state index in [1.807, 2.05) is 13.1 Å². The van der Waals surface area contributed by atoms with Crippen molar-refractivity contribution in [3.63, 3.8) is 0 Å². The molecule has 0 saturated carbocycles. The molecule has 18 heavy (non-hydrogen) atoms. The van der Waals surface area contributed by atoms with Gasteiger partial charge in [-0.15, -0.1) is 0 Å². The molecule has 4 heteroatoms. The molecule has 0 radical (unpaired) electrons. The first-order valence-corrected chi connectivity index (χ1v) is 6.83. The summed E-state index contributed by atoms with van der Waals surface area (Å²) in [4.78, 5) is 13.6. The Morgan fingerprint density at radius 1 is 1.28 bits per heavy atom. The van der Waals surface area contributed by atoms with Crippen LogP contribution in [0.25, 0.3) is 0 Å². The van der Waals surface area contributed by atoms with Crippen LogP contribution in [-0.4, -0.2) is 17.9 Å². The van der Waals surface area contributed by atoms with Crippen LogP contribution < -0.4 is 0 Å². The number of amides is 1. The van der Waals surface area contributed by atoms with Crippen LogP contribution in [0.3, 0.4) is 0 Å². The van der Waals surface area contributed by atoms with Gasteiger partial charge in [-0.25, -0.2) is 0 Å². The lowest BCUT2D eigenvalue weighted by atomic mass is 10.1. The third-order valence-electron chi connectivity index (χ3n) is 2.77. The summed E-state index contributed by atoms with van der Waals surface area (Å²) >= 11 is 11.8. The minimum atomic E-state index is 0.162. The number of benzene rings is 1. The third kappa shape index (κ3) is 4.87. The molecule has 1 rings (SSSR count). The zero-order valence-corrected chi connectivity index (χ0v) is 12.6. The predicted octanol–water partition coefficient (Wildman–Crippen LogP) is 4.39.